The van der Waals surface area contributed by atoms with Crippen LogP contribution in [0.3, 0.4) is 0 Å². The lowest BCUT2D eigenvalue weighted by molar-refractivity contribution is -0.130. The number of likely N-dealkylation sites (tertiary alicyclic amines) is 1. The highest BCUT2D eigenvalue weighted by Crippen LogP contribution is 2.26. The zero-order valence-corrected chi connectivity index (χ0v) is 13.9. The van der Waals surface area contributed by atoms with Crippen molar-refractivity contribution >= 4 is 5.91 Å². The van der Waals surface area contributed by atoms with E-state index in [9.17, 15) is 4.79 Å². The number of hydrogen-bond acceptors (Lipinski definition) is 5. The van der Waals surface area contributed by atoms with E-state index in [-0.39, 0.29) is 5.91 Å². The summed E-state index contributed by atoms with van der Waals surface area (Å²) in [5, 5.41) is 4.07. The molecule has 3 rings (SSSR count). The molecular weight excluding hydrogens is 294 g/mol. The SMILES string of the molecule is CC[C@H]1CN(C(=O)CCCn2cncn2)C[C@@H]1N1CCOCC1. The molecule has 3 heterocycles. The molecule has 2 saturated heterocycles. The Hall–Kier alpha value is -1.47. The first kappa shape index (κ1) is 16.4. The Balaban J connectivity index is 1.48. The van der Waals surface area contributed by atoms with Gasteiger partial charge in [0.25, 0.3) is 0 Å². The Morgan fingerprint density at radius 2 is 2.13 bits per heavy atom. The Labute approximate surface area is 137 Å². The standard InChI is InChI=1S/C16H27N5O2/c1-2-14-10-20(11-15(14)19-6-8-23-9-7-19)16(22)4-3-5-21-13-17-12-18-21/h12-15H,2-11H2,1H3/t14-,15-/m0/s1. The molecule has 23 heavy (non-hydrogen) atoms. The largest absolute Gasteiger partial charge is 0.379 e. The van der Waals surface area contributed by atoms with Crippen LogP contribution in [0.4, 0.5) is 0 Å². The number of rotatable bonds is 6. The van der Waals surface area contributed by atoms with Gasteiger partial charge in [0.05, 0.1) is 13.2 Å². The van der Waals surface area contributed by atoms with Crippen molar-refractivity contribution in [3.63, 3.8) is 0 Å². The van der Waals surface area contributed by atoms with Crippen molar-refractivity contribution in [1.82, 2.24) is 24.6 Å². The van der Waals surface area contributed by atoms with Gasteiger partial charge in [-0.3, -0.25) is 14.4 Å². The Morgan fingerprint density at radius 3 is 2.83 bits per heavy atom. The third-order valence-electron chi connectivity index (χ3n) is 5.04. The van der Waals surface area contributed by atoms with Crippen molar-refractivity contribution in [3.05, 3.63) is 12.7 Å². The van der Waals surface area contributed by atoms with Crippen LogP contribution in [0.2, 0.25) is 0 Å². The molecule has 2 aliphatic heterocycles. The summed E-state index contributed by atoms with van der Waals surface area (Å²) in [6.45, 7) is 8.39. The van der Waals surface area contributed by atoms with Crippen LogP contribution < -0.4 is 0 Å². The number of ether oxygens (including phenoxy) is 1. The van der Waals surface area contributed by atoms with E-state index in [4.69, 9.17) is 4.74 Å². The third-order valence-corrected chi connectivity index (χ3v) is 5.04. The fourth-order valence-corrected chi connectivity index (χ4v) is 3.68. The maximum atomic E-state index is 12.5. The number of carbonyl (C=O) groups excluding carboxylic acids is 1. The van der Waals surface area contributed by atoms with Crippen LogP contribution in [0, 0.1) is 5.92 Å². The molecule has 1 amide bonds. The quantitative estimate of drug-likeness (QED) is 0.769. The lowest BCUT2D eigenvalue weighted by Gasteiger charge is -2.34. The van der Waals surface area contributed by atoms with E-state index >= 15 is 0 Å². The minimum atomic E-state index is 0.277. The van der Waals surface area contributed by atoms with Gasteiger partial charge in [-0.05, 0) is 12.3 Å². The molecule has 0 unspecified atom stereocenters. The van der Waals surface area contributed by atoms with Crippen LogP contribution in [0.5, 0.6) is 0 Å². The van der Waals surface area contributed by atoms with Gasteiger partial charge in [-0.2, -0.15) is 5.10 Å². The number of carbonyl (C=O) groups is 1. The van der Waals surface area contributed by atoms with Gasteiger partial charge in [-0.1, -0.05) is 13.3 Å². The average molecular weight is 321 g/mol. The Bertz CT molecular complexity index is 487. The summed E-state index contributed by atoms with van der Waals surface area (Å²) in [4.78, 5) is 21.0. The highest BCUT2D eigenvalue weighted by atomic mass is 16.5. The molecule has 0 radical (unpaired) electrons. The van der Waals surface area contributed by atoms with Gasteiger partial charge in [-0.25, -0.2) is 4.98 Å². The van der Waals surface area contributed by atoms with Gasteiger partial charge in [0, 0.05) is 45.2 Å². The van der Waals surface area contributed by atoms with E-state index in [1.807, 2.05) is 0 Å². The summed E-state index contributed by atoms with van der Waals surface area (Å²) in [5.74, 6) is 0.867. The molecule has 1 aromatic heterocycles. The minimum Gasteiger partial charge on any atom is -0.379 e. The van der Waals surface area contributed by atoms with Crippen molar-refractivity contribution < 1.29 is 9.53 Å². The molecule has 0 bridgehead atoms. The molecule has 2 aliphatic rings. The molecule has 0 aromatic carbocycles. The van der Waals surface area contributed by atoms with Gasteiger partial charge in [-0.15, -0.1) is 0 Å². The fourth-order valence-electron chi connectivity index (χ4n) is 3.68. The zero-order chi connectivity index (χ0) is 16.1. The molecule has 0 saturated carbocycles. The second-order valence-electron chi connectivity index (χ2n) is 6.44. The number of morpholine rings is 1. The topological polar surface area (TPSA) is 63.5 Å². The fraction of sp³-hybridized carbons (Fsp3) is 0.812. The molecule has 0 spiro atoms. The molecule has 2 fully saturated rings. The second kappa shape index (κ2) is 7.88. The molecule has 0 N–H and O–H groups in total. The molecule has 2 atom stereocenters. The Kier molecular flexibility index (Phi) is 5.61. The van der Waals surface area contributed by atoms with Crippen molar-refractivity contribution in [2.75, 3.05) is 39.4 Å². The summed E-state index contributed by atoms with van der Waals surface area (Å²) < 4.78 is 7.24. The minimum absolute atomic E-state index is 0.277. The van der Waals surface area contributed by atoms with Crippen molar-refractivity contribution in [3.8, 4) is 0 Å². The van der Waals surface area contributed by atoms with Crippen molar-refractivity contribution in [2.24, 2.45) is 5.92 Å². The molecule has 7 nitrogen and oxygen atoms in total. The predicted octanol–water partition coefficient (Wildman–Crippen LogP) is 0.628. The van der Waals surface area contributed by atoms with E-state index < -0.39 is 0 Å². The molecule has 0 aliphatic carbocycles. The van der Waals surface area contributed by atoms with Crippen LogP contribution in [0.25, 0.3) is 0 Å². The van der Waals surface area contributed by atoms with Crippen LogP contribution >= 0.6 is 0 Å². The maximum absolute atomic E-state index is 12.5. The van der Waals surface area contributed by atoms with Crippen LogP contribution in [0.1, 0.15) is 26.2 Å². The van der Waals surface area contributed by atoms with Crippen molar-refractivity contribution in [1.29, 1.82) is 0 Å². The smallest absolute Gasteiger partial charge is 0.222 e. The third kappa shape index (κ3) is 4.09. The second-order valence-corrected chi connectivity index (χ2v) is 6.44. The van der Waals surface area contributed by atoms with E-state index in [0.717, 1.165) is 58.8 Å². The summed E-state index contributed by atoms with van der Waals surface area (Å²) in [6, 6.07) is 0.503. The first-order chi connectivity index (χ1) is 11.3. The van der Waals surface area contributed by atoms with E-state index in [0.29, 0.717) is 18.4 Å². The van der Waals surface area contributed by atoms with Gasteiger partial charge in [0.2, 0.25) is 5.91 Å². The molecule has 128 valence electrons. The van der Waals surface area contributed by atoms with Crippen LogP contribution in [-0.4, -0.2) is 75.9 Å². The summed E-state index contributed by atoms with van der Waals surface area (Å²) >= 11 is 0. The normalized spacial score (nSPS) is 25.9. The van der Waals surface area contributed by atoms with Crippen LogP contribution in [0.15, 0.2) is 12.7 Å². The number of aromatic nitrogens is 3. The first-order valence-corrected chi connectivity index (χ1v) is 8.70. The zero-order valence-electron chi connectivity index (χ0n) is 13.9. The summed E-state index contributed by atoms with van der Waals surface area (Å²) in [5.41, 5.74) is 0. The molecule has 7 heteroatoms. The van der Waals surface area contributed by atoms with E-state index in [1.165, 1.54) is 6.33 Å². The van der Waals surface area contributed by atoms with Gasteiger partial charge >= 0.3 is 0 Å². The highest BCUT2D eigenvalue weighted by molar-refractivity contribution is 5.76. The number of aryl methyl sites for hydroxylation is 1. The van der Waals surface area contributed by atoms with E-state index in [2.05, 4.69) is 26.8 Å². The van der Waals surface area contributed by atoms with Crippen LogP contribution in [-0.2, 0) is 16.1 Å². The Morgan fingerprint density at radius 1 is 1.30 bits per heavy atom. The van der Waals surface area contributed by atoms with E-state index in [1.54, 1.807) is 11.0 Å². The lowest BCUT2D eigenvalue weighted by Crippen LogP contribution is -2.47. The first-order valence-electron chi connectivity index (χ1n) is 8.70. The lowest BCUT2D eigenvalue weighted by atomic mass is 9.99. The highest BCUT2D eigenvalue weighted by Gasteiger charge is 2.37. The van der Waals surface area contributed by atoms with Gasteiger partial charge in [0.15, 0.2) is 0 Å². The van der Waals surface area contributed by atoms with Crippen molar-refractivity contribution in [2.45, 2.75) is 38.8 Å². The number of amides is 1. The number of nitrogens with zero attached hydrogens (tertiary/aromatic N) is 5. The summed E-state index contributed by atoms with van der Waals surface area (Å²) in [6.07, 6.45) is 5.76. The average Bonchev–Trinajstić information content (AvgIpc) is 3.25. The maximum Gasteiger partial charge on any atom is 0.222 e. The summed E-state index contributed by atoms with van der Waals surface area (Å²) in [7, 11) is 0. The molecular formula is C16H27N5O2. The van der Waals surface area contributed by atoms with Gasteiger partial charge in [0.1, 0.15) is 12.7 Å². The predicted molar refractivity (Wildman–Crippen MR) is 85.8 cm³/mol. The van der Waals surface area contributed by atoms with Gasteiger partial charge < -0.3 is 9.64 Å². The number of hydrogen-bond donors (Lipinski definition) is 0. The monoisotopic (exact) mass is 321 g/mol. The molecule has 1 aromatic rings.